The summed E-state index contributed by atoms with van der Waals surface area (Å²) in [6.45, 7) is 0.0805. The lowest BCUT2D eigenvalue weighted by Crippen LogP contribution is -2.17. The van der Waals surface area contributed by atoms with E-state index in [1.807, 2.05) is 24.3 Å². The summed E-state index contributed by atoms with van der Waals surface area (Å²) in [5, 5.41) is 7.18. The van der Waals surface area contributed by atoms with Crippen molar-refractivity contribution in [2.24, 2.45) is 5.92 Å². The molecule has 2 aromatic carbocycles. The van der Waals surface area contributed by atoms with Crippen LogP contribution in [0.1, 0.15) is 18.4 Å². The van der Waals surface area contributed by atoms with Gasteiger partial charge in [-0.2, -0.15) is 4.98 Å². The van der Waals surface area contributed by atoms with Gasteiger partial charge in [-0.25, -0.2) is 4.52 Å². The first kappa shape index (κ1) is 21.7. The molecule has 34 heavy (non-hydrogen) atoms. The molecule has 7 nitrogen and oxygen atoms in total. The van der Waals surface area contributed by atoms with Gasteiger partial charge in [0.05, 0.1) is 5.69 Å². The minimum absolute atomic E-state index is 0.0540. The molecule has 4 aromatic rings. The second-order valence-electron chi connectivity index (χ2n) is 7.89. The van der Waals surface area contributed by atoms with Crippen LogP contribution < -0.4 is 14.8 Å². The molecule has 0 spiro atoms. The van der Waals surface area contributed by atoms with Gasteiger partial charge >= 0.3 is 6.36 Å². The quantitative estimate of drug-likeness (QED) is 0.402. The molecule has 0 radical (unpaired) electrons. The molecule has 0 bridgehead atoms. The molecule has 2 heterocycles. The highest BCUT2D eigenvalue weighted by molar-refractivity contribution is 5.92. The maximum absolute atomic E-state index is 12.4. The molecular formula is C24H19F3N4O3. The molecule has 2 aromatic heterocycles. The van der Waals surface area contributed by atoms with Crippen molar-refractivity contribution >= 4 is 17.5 Å². The maximum Gasteiger partial charge on any atom is 0.573 e. The van der Waals surface area contributed by atoms with Crippen LogP contribution in [0.5, 0.6) is 11.5 Å². The highest BCUT2D eigenvalue weighted by Crippen LogP contribution is 2.30. The van der Waals surface area contributed by atoms with Gasteiger partial charge in [-0.3, -0.25) is 10.1 Å². The minimum atomic E-state index is -4.74. The van der Waals surface area contributed by atoms with Crippen LogP contribution in [0.3, 0.4) is 0 Å². The van der Waals surface area contributed by atoms with Gasteiger partial charge in [0.2, 0.25) is 11.9 Å². The lowest BCUT2D eigenvalue weighted by molar-refractivity contribution is -0.274. The van der Waals surface area contributed by atoms with E-state index in [4.69, 9.17) is 4.74 Å². The number of aromatic nitrogens is 3. The highest BCUT2D eigenvalue weighted by atomic mass is 19.4. The summed E-state index contributed by atoms with van der Waals surface area (Å²) in [6, 6.07) is 18.4. The number of nitrogens with zero attached hydrogens (tertiary/aromatic N) is 3. The van der Waals surface area contributed by atoms with Crippen LogP contribution in [0.2, 0.25) is 0 Å². The summed E-state index contributed by atoms with van der Waals surface area (Å²) in [4.78, 5) is 16.4. The number of fused-ring (bicyclic) bond motifs is 1. The molecule has 1 aliphatic carbocycles. The first-order chi connectivity index (χ1) is 16.3. The molecule has 1 fully saturated rings. The summed E-state index contributed by atoms with van der Waals surface area (Å²) in [5.74, 6) is 0.514. The van der Waals surface area contributed by atoms with E-state index in [9.17, 15) is 18.0 Å². The largest absolute Gasteiger partial charge is 0.573 e. The van der Waals surface area contributed by atoms with E-state index in [0.717, 1.165) is 24.1 Å². The molecule has 174 valence electrons. The Bertz CT molecular complexity index is 1330. The lowest BCUT2D eigenvalue weighted by Gasteiger charge is -2.11. The number of alkyl halides is 3. The number of halogens is 3. The van der Waals surface area contributed by atoms with E-state index in [1.54, 1.807) is 28.8 Å². The normalized spacial score (nSPS) is 13.6. The zero-order chi connectivity index (χ0) is 23.7. The topological polar surface area (TPSA) is 77.8 Å². The predicted molar refractivity (Wildman–Crippen MR) is 117 cm³/mol. The molecule has 0 aliphatic heterocycles. The van der Waals surface area contributed by atoms with Gasteiger partial charge in [-0.15, -0.1) is 18.3 Å². The first-order valence-corrected chi connectivity index (χ1v) is 10.6. The number of amides is 1. The third-order valence-corrected chi connectivity index (χ3v) is 5.23. The van der Waals surface area contributed by atoms with Gasteiger partial charge in [0.1, 0.15) is 18.1 Å². The zero-order valence-electron chi connectivity index (χ0n) is 17.7. The Balaban J connectivity index is 1.28. The van der Waals surface area contributed by atoms with E-state index in [2.05, 4.69) is 20.1 Å². The van der Waals surface area contributed by atoms with Gasteiger partial charge in [0, 0.05) is 11.5 Å². The molecule has 1 N–H and O–H groups in total. The van der Waals surface area contributed by atoms with Crippen LogP contribution >= 0.6 is 0 Å². The fourth-order valence-electron chi connectivity index (χ4n) is 3.46. The number of ether oxygens (including phenoxy) is 2. The summed E-state index contributed by atoms with van der Waals surface area (Å²) < 4.78 is 48.5. The van der Waals surface area contributed by atoms with Crippen LogP contribution in [0.4, 0.5) is 19.1 Å². The summed E-state index contributed by atoms with van der Waals surface area (Å²) in [5.41, 5.74) is 2.77. The monoisotopic (exact) mass is 468 g/mol. The highest BCUT2D eigenvalue weighted by Gasteiger charge is 2.31. The number of pyridine rings is 1. The molecule has 1 amide bonds. The standard InChI is InChI=1S/C24H19F3N4O3/c25-24(26,27)34-19-4-1-3-15(13-19)14-33-18-11-9-16(10-12-18)20-5-2-6-21-28-23(30-31(20)21)29-22(32)17-7-8-17/h1-6,9-13,17H,7-8,14H2,(H,29,30,32). The second-order valence-corrected chi connectivity index (χ2v) is 7.89. The summed E-state index contributed by atoms with van der Waals surface area (Å²) in [7, 11) is 0. The molecule has 10 heteroatoms. The number of nitrogens with one attached hydrogen (secondary N) is 1. The van der Waals surface area contributed by atoms with Crippen molar-refractivity contribution in [2.45, 2.75) is 25.8 Å². The van der Waals surface area contributed by atoms with Crippen molar-refractivity contribution in [2.75, 3.05) is 5.32 Å². The fraction of sp³-hybridized carbons (Fsp3) is 0.208. The maximum atomic E-state index is 12.4. The number of hydrogen-bond acceptors (Lipinski definition) is 5. The summed E-state index contributed by atoms with van der Waals surface area (Å²) >= 11 is 0. The lowest BCUT2D eigenvalue weighted by atomic mass is 10.1. The van der Waals surface area contributed by atoms with E-state index >= 15 is 0 Å². The second kappa shape index (κ2) is 8.69. The van der Waals surface area contributed by atoms with Crippen LogP contribution in [0.15, 0.2) is 66.7 Å². The predicted octanol–water partition coefficient (Wildman–Crippen LogP) is 5.22. The van der Waals surface area contributed by atoms with Gasteiger partial charge in [-0.05, 0) is 66.9 Å². The van der Waals surface area contributed by atoms with Crippen LogP contribution in [0.25, 0.3) is 16.9 Å². The van der Waals surface area contributed by atoms with Crippen molar-refractivity contribution in [1.29, 1.82) is 0 Å². The molecule has 0 atom stereocenters. The Kier molecular flexibility index (Phi) is 5.56. The molecule has 1 aliphatic rings. The van der Waals surface area contributed by atoms with Gasteiger partial charge in [0.15, 0.2) is 5.65 Å². The number of carbonyl (C=O) groups excluding carboxylic acids is 1. The Labute approximate surface area is 192 Å². The number of rotatable bonds is 7. The number of hydrogen-bond donors (Lipinski definition) is 1. The average molecular weight is 468 g/mol. The SMILES string of the molecule is O=C(Nc1nc2cccc(-c3ccc(OCc4cccc(OC(F)(F)F)c4)cc3)n2n1)C1CC1. The number of benzene rings is 2. The van der Waals surface area contributed by atoms with E-state index < -0.39 is 6.36 Å². The Morgan fingerprint density at radius 3 is 2.53 bits per heavy atom. The first-order valence-electron chi connectivity index (χ1n) is 10.6. The van der Waals surface area contributed by atoms with Crippen LogP contribution in [-0.2, 0) is 11.4 Å². The Morgan fingerprint density at radius 2 is 1.79 bits per heavy atom. The smallest absolute Gasteiger partial charge is 0.489 e. The van der Waals surface area contributed by atoms with E-state index in [0.29, 0.717) is 17.0 Å². The third-order valence-electron chi connectivity index (χ3n) is 5.23. The van der Waals surface area contributed by atoms with Crippen molar-refractivity contribution < 1.29 is 27.4 Å². The van der Waals surface area contributed by atoms with Crippen molar-refractivity contribution in [3.05, 3.63) is 72.3 Å². The van der Waals surface area contributed by atoms with Crippen molar-refractivity contribution in [1.82, 2.24) is 14.6 Å². The Morgan fingerprint density at radius 1 is 1.03 bits per heavy atom. The summed E-state index contributed by atoms with van der Waals surface area (Å²) in [6.07, 6.45) is -2.96. The molecule has 5 rings (SSSR count). The van der Waals surface area contributed by atoms with Crippen molar-refractivity contribution in [3.8, 4) is 22.8 Å². The molecule has 0 unspecified atom stereocenters. The third kappa shape index (κ3) is 5.11. The minimum Gasteiger partial charge on any atom is -0.489 e. The van der Waals surface area contributed by atoms with Gasteiger partial charge < -0.3 is 9.47 Å². The fourth-order valence-corrected chi connectivity index (χ4v) is 3.46. The van der Waals surface area contributed by atoms with Crippen molar-refractivity contribution in [3.63, 3.8) is 0 Å². The van der Waals surface area contributed by atoms with Gasteiger partial charge in [0.25, 0.3) is 0 Å². The molecule has 1 saturated carbocycles. The Hall–Kier alpha value is -4.08. The van der Waals surface area contributed by atoms with E-state index in [1.165, 1.54) is 18.2 Å². The number of carbonyl (C=O) groups is 1. The molecule has 0 saturated heterocycles. The van der Waals surface area contributed by atoms with Gasteiger partial charge in [-0.1, -0.05) is 18.2 Å². The van der Waals surface area contributed by atoms with Crippen LogP contribution in [0, 0.1) is 5.92 Å². The number of anilines is 1. The van der Waals surface area contributed by atoms with E-state index in [-0.39, 0.29) is 30.1 Å². The zero-order valence-corrected chi connectivity index (χ0v) is 17.7. The molecular weight excluding hydrogens is 449 g/mol. The van der Waals surface area contributed by atoms with Crippen LogP contribution in [-0.4, -0.2) is 26.9 Å². The average Bonchev–Trinajstić information content (AvgIpc) is 3.57.